The second-order valence-electron chi connectivity index (χ2n) is 8.98. The number of benzene rings is 1. The van der Waals surface area contributed by atoms with Crippen LogP contribution in [0, 0.1) is 5.82 Å². The van der Waals surface area contributed by atoms with Crippen molar-refractivity contribution in [2.75, 3.05) is 11.9 Å². The minimum absolute atomic E-state index is 0.0565. The normalized spacial score (nSPS) is 18.5. The van der Waals surface area contributed by atoms with Crippen molar-refractivity contribution in [3.8, 4) is 17.0 Å². The van der Waals surface area contributed by atoms with E-state index >= 15 is 0 Å². The molecule has 0 saturated heterocycles. The van der Waals surface area contributed by atoms with Crippen LogP contribution in [0.5, 0.6) is 5.75 Å². The van der Waals surface area contributed by atoms with E-state index < -0.39 is 17.6 Å². The third kappa shape index (κ3) is 4.61. The number of nitrogens with one attached hydrogen (secondary N) is 1. The van der Waals surface area contributed by atoms with E-state index in [1.54, 1.807) is 10.9 Å². The van der Waals surface area contributed by atoms with Crippen LogP contribution in [0.1, 0.15) is 44.2 Å². The fourth-order valence-electron chi connectivity index (χ4n) is 4.75. The molecule has 1 aliphatic carbocycles. The molecule has 1 aromatic carbocycles. The van der Waals surface area contributed by atoms with Gasteiger partial charge in [-0.3, -0.25) is 9.36 Å². The van der Waals surface area contributed by atoms with Crippen molar-refractivity contribution < 1.29 is 22.3 Å². The Kier molecular flexibility index (Phi) is 6.31. The second kappa shape index (κ2) is 9.44. The Morgan fingerprint density at radius 1 is 1.14 bits per heavy atom. The van der Waals surface area contributed by atoms with Gasteiger partial charge in [-0.15, -0.1) is 0 Å². The Morgan fingerprint density at radius 3 is 2.58 bits per heavy atom. The van der Waals surface area contributed by atoms with Crippen LogP contribution in [-0.4, -0.2) is 37.2 Å². The molecule has 0 spiro atoms. The smallest absolute Gasteiger partial charge is 0.419 e. The summed E-state index contributed by atoms with van der Waals surface area (Å²) < 4.78 is 63.0. The van der Waals surface area contributed by atoms with E-state index in [2.05, 4.69) is 15.4 Å². The summed E-state index contributed by atoms with van der Waals surface area (Å²) in [7, 11) is 1.85. The number of nitrogens with zero attached hydrogens (tertiary/aromatic N) is 5. The lowest BCUT2D eigenvalue weighted by atomic mass is 9.93. The van der Waals surface area contributed by atoms with Crippen molar-refractivity contribution in [3.63, 3.8) is 0 Å². The van der Waals surface area contributed by atoms with Crippen molar-refractivity contribution in [1.82, 2.24) is 24.5 Å². The number of aromatic nitrogens is 5. The highest BCUT2D eigenvalue weighted by atomic mass is 19.4. The van der Waals surface area contributed by atoms with E-state index in [1.807, 2.05) is 37.1 Å². The Hall–Kier alpha value is -3.63. The number of fused-ring (bicyclic) bond motifs is 1. The lowest BCUT2D eigenvalue weighted by Crippen LogP contribution is -2.26. The predicted octanol–water partition coefficient (Wildman–Crippen LogP) is 5.98. The molecule has 1 N–H and O–H groups in total. The lowest BCUT2D eigenvalue weighted by molar-refractivity contribution is -0.140. The number of aryl methyl sites for hydroxylation is 1. The molecule has 1 saturated carbocycles. The van der Waals surface area contributed by atoms with Crippen LogP contribution in [0.2, 0.25) is 0 Å². The number of rotatable bonds is 6. The molecule has 5 rings (SSSR count). The molecule has 1 fully saturated rings. The fraction of sp³-hybridized carbons (Fsp3) is 0.400. The van der Waals surface area contributed by atoms with E-state index in [0.29, 0.717) is 25.7 Å². The lowest BCUT2D eigenvalue weighted by Gasteiger charge is -2.30. The van der Waals surface area contributed by atoms with Crippen molar-refractivity contribution in [3.05, 3.63) is 54.2 Å². The van der Waals surface area contributed by atoms with Crippen LogP contribution in [0.15, 0.2) is 42.9 Å². The summed E-state index contributed by atoms with van der Waals surface area (Å²) in [5, 5.41) is 13.3. The molecule has 1 aliphatic rings. The first kappa shape index (κ1) is 24.1. The molecule has 11 heteroatoms. The maximum Gasteiger partial charge on any atom is 0.419 e. The van der Waals surface area contributed by atoms with E-state index in [1.165, 1.54) is 12.1 Å². The van der Waals surface area contributed by atoms with Gasteiger partial charge in [0.25, 0.3) is 0 Å². The molecular formula is C25H26F4N6O. The van der Waals surface area contributed by atoms with Crippen molar-refractivity contribution in [2.24, 2.45) is 7.05 Å². The summed E-state index contributed by atoms with van der Waals surface area (Å²) in [6.07, 6.45) is 2.83. The molecular weight excluding hydrogens is 476 g/mol. The standard InChI is InChI=1S/C25H26F4N6O/c1-3-30-22-11-20-18(13-31-22)24(15-12-32-34(2)14-15)33-35(20)16-7-9-17(10-8-16)36-21-6-4-5-19(23(21)26)25(27,28)29/h4-6,11-14,16-17H,3,7-10H2,1-2H3,(H,30,31)/t16-,17+. The Labute approximate surface area is 205 Å². The van der Waals surface area contributed by atoms with Crippen LogP contribution in [0.4, 0.5) is 23.4 Å². The number of alkyl halides is 3. The molecule has 4 aromatic rings. The highest BCUT2D eigenvalue weighted by Gasteiger charge is 2.36. The number of halogens is 4. The fourth-order valence-corrected chi connectivity index (χ4v) is 4.75. The number of hydrogen-bond acceptors (Lipinski definition) is 5. The zero-order chi connectivity index (χ0) is 25.4. The second-order valence-corrected chi connectivity index (χ2v) is 8.98. The van der Waals surface area contributed by atoms with Crippen LogP contribution in [0.3, 0.4) is 0 Å². The van der Waals surface area contributed by atoms with Gasteiger partial charge in [0.15, 0.2) is 11.6 Å². The van der Waals surface area contributed by atoms with Gasteiger partial charge in [0.1, 0.15) is 11.5 Å². The van der Waals surface area contributed by atoms with Crippen LogP contribution < -0.4 is 10.1 Å². The van der Waals surface area contributed by atoms with Gasteiger partial charge in [-0.25, -0.2) is 9.37 Å². The average molecular weight is 503 g/mol. The highest BCUT2D eigenvalue weighted by Crippen LogP contribution is 2.38. The topological polar surface area (TPSA) is 69.8 Å². The zero-order valence-corrected chi connectivity index (χ0v) is 19.9. The highest BCUT2D eigenvalue weighted by molar-refractivity contribution is 5.93. The Bertz CT molecular complexity index is 1370. The van der Waals surface area contributed by atoms with Gasteiger partial charge >= 0.3 is 6.18 Å². The molecule has 36 heavy (non-hydrogen) atoms. The van der Waals surface area contributed by atoms with Gasteiger partial charge in [0.2, 0.25) is 0 Å². The van der Waals surface area contributed by atoms with Gasteiger partial charge < -0.3 is 10.1 Å². The third-order valence-corrected chi connectivity index (χ3v) is 6.48. The largest absolute Gasteiger partial charge is 0.487 e. The number of anilines is 1. The van der Waals surface area contributed by atoms with E-state index in [4.69, 9.17) is 9.84 Å². The van der Waals surface area contributed by atoms with E-state index in [0.717, 1.165) is 40.6 Å². The van der Waals surface area contributed by atoms with E-state index in [9.17, 15) is 17.6 Å². The summed E-state index contributed by atoms with van der Waals surface area (Å²) in [5.74, 6) is -0.978. The summed E-state index contributed by atoms with van der Waals surface area (Å²) in [6.45, 7) is 2.73. The summed E-state index contributed by atoms with van der Waals surface area (Å²) in [4.78, 5) is 4.51. The minimum Gasteiger partial charge on any atom is -0.487 e. The SMILES string of the molecule is CCNc1cc2c(cn1)c(-c1cnn(C)c1)nn2[C@H]1CC[C@@H](Oc2cccc(C(F)(F)F)c2F)CC1. The predicted molar refractivity (Wildman–Crippen MR) is 127 cm³/mol. The molecule has 0 aliphatic heterocycles. The Morgan fingerprint density at radius 2 is 1.92 bits per heavy atom. The first-order valence-electron chi connectivity index (χ1n) is 11.9. The average Bonchev–Trinajstić information content (AvgIpc) is 3.44. The Balaban J connectivity index is 1.38. The van der Waals surface area contributed by atoms with Gasteiger partial charge in [0, 0.05) is 43.0 Å². The minimum atomic E-state index is -4.77. The number of ether oxygens (including phenoxy) is 1. The molecule has 7 nitrogen and oxygen atoms in total. The van der Waals surface area contributed by atoms with Crippen LogP contribution in [0.25, 0.3) is 22.2 Å². The van der Waals surface area contributed by atoms with Gasteiger partial charge in [-0.05, 0) is 44.7 Å². The molecule has 0 atom stereocenters. The molecule has 0 bridgehead atoms. The summed E-state index contributed by atoms with van der Waals surface area (Å²) >= 11 is 0. The van der Waals surface area contributed by atoms with E-state index in [-0.39, 0.29) is 17.9 Å². The number of pyridine rings is 1. The summed E-state index contributed by atoms with van der Waals surface area (Å²) in [5.41, 5.74) is 1.30. The maximum atomic E-state index is 14.4. The quantitative estimate of drug-likeness (QED) is 0.328. The van der Waals surface area contributed by atoms with Crippen molar-refractivity contribution >= 4 is 16.7 Å². The first-order chi connectivity index (χ1) is 17.2. The summed E-state index contributed by atoms with van der Waals surface area (Å²) in [6, 6.07) is 5.16. The van der Waals surface area contributed by atoms with Gasteiger partial charge in [0.05, 0.1) is 29.4 Å². The van der Waals surface area contributed by atoms with Gasteiger partial charge in [-0.2, -0.15) is 23.4 Å². The number of hydrogen-bond donors (Lipinski definition) is 1. The molecule has 0 radical (unpaired) electrons. The van der Waals surface area contributed by atoms with Crippen LogP contribution in [-0.2, 0) is 13.2 Å². The monoisotopic (exact) mass is 502 g/mol. The van der Waals surface area contributed by atoms with Gasteiger partial charge in [-0.1, -0.05) is 6.07 Å². The zero-order valence-electron chi connectivity index (χ0n) is 19.9. The molecule has 3 aromatic heterocycles. The van der Waals surface area contributed by atoms with Crippen molar-refractivity contribution in [1.29, 1.82) is 0 Å². The molecule has 190 valence electrons. The third-order valence-electron chi connectivity index (χ3n) is 6.48. The van der Waals surface area contributed by atoms with Crippen LogP contribution >= 0.6 is 0 Å². The first-order valence-corrected chi connectivity index (χ1v) is 11.9. The van der Waals surface area contributed by atoms with Crippen molar-refractivity contribution in [2.45, 2.75) is 50.9 Å². The maximum absolute atomic E-state index is 14.4. The molecule has 0 amide bonds. The molecule has 3 heterocycles. The molecule has 0 unspecified atom stereocenters.